The second-order valence-electron chi connectivity index (χ2n) is 7.43. The Bertz CT molecular complexity index is 1070. The fourth-order valence-electron chi connectivity index (χ4n) is 3.76. The number of benzene rings is 2. The molecule has 1 aliphatic heterocycles. The number of carbonyl (C=O) groups excluding carboxylic acids is 1. The van der Waals surface area contributed by atoms with E-state index in [1.165, 1.54) is 35.2 Å². The molecular weight excluding hydrogens is 441 g/mol. The standard InChI is InChI=1S/C20H20F5N3O2S/c1-12-7-14(9-15(21)8-12)16-4-2-3-13(19(16)22)10-18-17(5-6-28(18)11-29)27-31(26,30)20(23,24)25/h2-4,7-9,11,17-18H,5-6,10H2,1H3,(H2,26,27,30). The van der Waals surface area contributed by atoms with Crippen LogP contribution >= 0.6 is 0 Å². The SMILES string of the molecule is Cc1cc(F)cc(-c2cccc(CC3C(NS(=N)(=O)C(F)(F)F)CCN3C=O)c2F)c1. The molecule has 0 bridgehead atoms. The maximum atomic E-state index is 15.2. The summed E-state index contributed by atoms with van der Waals surface area (Å²) in [6.45, 7) is 1.73. The Morgan fingerprint density at radius 1 is 1.26 bits per heavy atom. The van der Waals surface area contributed by atoms with Gasteiger partial charge in [0.25, 0.3) is 0 Å². The third-order valence-electron chi connectivity index (χ3n) is 5.23. The van der Waals surface area contributed by atoms with E-state index in [0.29, 0.717) is 17.5 Å². The van der Waals surface area contributed by atoms with E-state index in [1.807, 2.05) is 4.72 Å². The summed E-state index contributed by atoms with van der Waals surface area (Å²) < 4.78 is 88.4. The van der Waals surface area contributed by atoms with Crippen molar-refractivity contribution in [2.45, 2.75) is 37.4 Å². The summed E-state index contributed by atoms with van der Waals surface area (Å²) in [5, 5.41) is 0. The van der Waals surface area contributed by atoms with Gasteiger partial charge in [0, 0.05) is 18.2 Å². The molecular formula is C20H20F5N3O2S. The second kappa shape index (κ2) is 8.54. The number of nitrogens with one attached hydrogen (secondary N) is 2. The average molecular weight is 461 g/mol. The van der Waals surface area contributed by atoms with Crippen molar-refractivity contribution in [3.8, 4) is 11.1 Å². The number of carbonyl (C=O) groups is 1. The third-order valence-corrected chi connectivity index (χ3v) is 6.51. The summed E-state index contributed by atoms with van der Waals surface area (Å²) >= 11 is 0. The van der Waals surface area contributed by atoms with Gasteiger partial charge in [-0.15, -0.1) is 0 Å². The van der Waals surface area contributed by atoms with E-state index in [9.17, 15) is 26.6 Å². The van der Waals surface area contributed by atoms with E-state index in [2.05, 4.69) is 0 Å². The molecule has 3 atom stereocenters. The summed E-state index contributed by atoms with van der Waals surface area (Å²) in [4.78, 5) is 12.6. The van der Waals surface area contributed by atoms with Gasteiger partial charge in [0.05, 0.1) is 6.04 Å². The van der Waals surface area contributed by atoms with Crippen molar-refractivity contribution >= 4 is 16.3 Å². The van der Waals surface area contributed by atoms with Crippen LogP contribution in [0.5, 0.6) is 0 Å². The van der Waals surface area contributed by atoms with E-state index in [-0.39, 0.29) is 30.5 Å². The fraction of sp³-hybridized carbons (Fsp3) is 0.350. The summed E-state index contributed by atoms with van der Waals surface area (Å²) in [6, 6.07) is 6.41. The topological polar surface area (TPSA) is 73.3 Å². The summed E-state index contributed by atoms with van der Waals surface area (Å²) in [5.41, 5.74) is -4.18. The number of nitrogens with zero attached hydrogens (tertiary/aromatic N) is 1. The summed E-state index contributed by atoms with van der Waals surface area (Å²) in [6.07, 6.45) is 0.293. The van der Waals surface area contributed by atoms with Gasteiger partial charge in [-0.05, 0) is 48.6 Å². The van der Waals surface area contributed by atoms with Crippen molar-refractivity contribution in [3.63, 3.8) is 0 Å². The van der Waals surface area contributed by atoms with Crippen LogP contribution in [0, 0.1) is 23.3 Å². The molecule has 11 heteroatoms. The number of halogens is 5. The number of likely N-dealkylation sites (tertiary alicyclic amines) is 1. The molecule has 1 heterocycles. The molecule has 3 rings (SSSR count). The van der Waals surface area contributed by atoms with E-state index in [0.717, 1.165) is 0 Å². The highest BCUT2D eigenvalue weighted by molar-refractivity contribution is 7.91. The third kappa shape index (κ3) is 4.87. The van der Waals surface area contributed by atoms with Gasteiger partial charge in [-0.25, -0.2) is 22.5 Å². The molecule has 0 aliphatic carbocycles. The van der Waals surface area contributed by atoms with Crippen LogP contribution in [0.3, 0.4) is 0 Å². The van der Waals surface area contributed by atoms with E-state index < -0.39 is 39.1 Å². The van der Waals surface area contributed by atoms with Gasteiger partial charge in [0.1, 0.15) is 11.6 Å². The van der Waals surface area contributed by atoms with Gasteiger partial charge < -0.3 is 4.90 Å². The Kier molecular flexibility index (Phi) is 6.38. The fourth-order valence-corrected chi connectivity index (χ4v) is 4.60. The number of amides is 1. The number of aryl methyl sites for hydroxylation is 1. The molecule has 2 aromatic rings. The molecule has 2 N–H and O–H groups in total. The molecule has 168 valence electrons. The predicted octanol–water partition coefficient (Wildman–Crippen LogP) is 4.15. The maximum Gasteiger partial charge on any atom is 0.492 e. The highest BCUT2D eigenvalue weighted by Gasteiger charge is 2.46. The zero-order valence-electron chi connectivity index (χ0n) is 16.4. The monoisotopic (exact) mass is 461 g/mol. The minimum atomic E-state index is -5.29. The van der Waals surface area contributed by atoms with Gasteiger partial charge in [-0.2, -0.15) is 13.2 Å². The minimum Gasteiger partial charge on any atom is -0.340 e. The lowest BCUT2D eigenvalue weighted by Gasteiger charge is -2.27. The minimum absolute atomic E-state index is 0.0275. The van der Waals surface area contributed by atoms with E-state index in [1.54, 1.807) is 13.0 Å². The summed E-state index contributed by atoms with van der Waals surface area (Å²) in [5.74, 6) is -1.23. The molecule has 5 nitrogen and oxygen atoms in total. The predicted molar refractivity (Wildman–Crippen MR) is 105 cm³/mol. The van der Waals surface area contributed by atoms with Crippen molar-refractivity contribution in [3.05, 3.63) is 59.2 Å². The summed E-state index contributed by atoms with van der Waals surface area (Å²) in [7, 11) is -5.14. The number of hydrogen-bond acceptors (Lipinski definition) is 3. The molecule has 0 spiro atoms. The molecule has 1 saturated heterocycles. The van der Waals surface area contributed by atoms with Crippen LogP contribution in [0.25, 0.3) is 11.1 Å². The van der Waals surface area contributed by atoms with Crippen LogP contribution in [-0.4, -0.2) is 39.7 Å². The lowest BCUT2D eigenvalue weighted by molar-refractivity contribution is -0.118. The van der Waals surface area contributed by atoms with Crippen molar-refractivity contribution in [1.29, 1.82) is 4.78 Å². The van der Waals surface area contributed by atoms with Crippen molar-refractivity contribution in [2.75, 3.05) is 6.54 Å². The smallest absolute Gasteiger partial charge is 0.340 e. The molecule has 1 amide bonds. The Morgan fingerprint density at radius 3 is 2.58 bits per heavy atom. The molecule has 0 saturated carbocycles. The normalized spacial score (nSPS) is 21.2. The van der Waals surface area contributed by atoms with Crippen molar-refractivity contribution < 1.29 is 31.0 Å². The highest BCUT2D eigenvalue weighted by Crippen LogP contribution is 2.31. The van der Waals surface area contributed by atoms with Gasteiger partial charge in [0.15, 0.2) is 0 Å². The Balaban J connectivity index is 1.93. The molecule has 1 aliphatic rings. The first-order valence-corrected chi connectivity index (χ1v) is 10.9. The maximum absolute atomic E-state index is 15.2. The largest absolute Gasteiger partial charge is 0.492 e. The lowest BCUT2D eigenvalue weighted by atomic mass is 9.95. The van der Waals surface area contributed by atoms with Crippen LogP contribution in [0.15, 0.2) is 36.4 Å². The van der Waals surface area contributed by atoms with Crippen LogP contribution < -0.4 is 4.72 Å². The molecule has 2 aromatic carbocycles. The average Bonchev–Trinajstić information content (AvgIpc) is 3.02. The van der Waals surface area contributed by atoms with Gasteiger partial charge >= 0.3 is 5.51 Å². The zero-order chi connectivity index (χ0) is 23.0. The van der Waals surface area contributed by atoms with E-state index >= 15 is 4.39 Å². The first kappa shape index (κ1) is 23.1. The Labute approximate surface area is 176 Å². The number of rotatable bonds is 6. The quantitative estimate of drug-likeness (QED) is 0.501. The first-order valence-electron chi connectivity index (χ1n) is 9.31. The molecule has 0 radical (unpaired) electrons. The Morgan fingerprint density at radius 2 is 1.97 bits per heavy atom. The van der Waals surface area contributed by atoms with Crippen LogP contribution in [0.2, 0.25) is 0 Å². The second-order valence-corrected chi connectivity index (χ2v) is 9.24. The number of hydrogen-bond donors (Lipinski definition) is 2. The van der Waals surface area contributed by atoms with Crippen LogP contribution in [-0.2, 0) is 21.1 Å². The van der Waals surface area contributed by atoms with Crippen LogP contribution in [0.1, 0.15) is 17.5 Å². The van der Waals surface area contributed by atoms with E-state index in [4.69, 9.17) is 4.78 Å². The first-order chi connectivity index (χ1) is 14.4. The van der Waals surface area contributed by atoms with Gasteiger partial charge in [-0.3, -0.25) is 4.79 Å². The number of alkyl halides is 3. The Hall–Kier alpha value is -2.53. The van der Waals surface area contributed by atoms with Gasteiger partial charge in [0.2, 0.25) is 16.3 Å². The highest BCUT2D eigenvalue weighted by atomic mass is 32.2. The molecule has 31 heavy (non-hydrogen) atoms. The zero-order valence-corrected chi connectivity index (χ0v) is 17.2. The molecule has 3 unspecified atom stereocenters. The molecule has 1 fully saturated rings. The lowest BCUT2D eigenvalue weighted by Crippen LogP contribution is -2.48. The van der Waals surface area contributed by atoms with Crippen molar-refractivity contribution in [2.24, 2.45) is 0 Å². The molecule has 0 aromatic heterocycles. The van der Waals surface area contributed by atoms with Crippen molar-refractivity contribution in [1.82, 2.24) is 9.62 Å². The van der Waals surface area contributed by atoms with Gasteiger partial charge in [-0.1, -0.05) is 24.3 Å². The van der Waals surface area contributed by atoms with Crippen LogP contribution in [0.4, 0.5) is 22.0 Å².